The Morgan fingerprint density at radius 3 is 3.18 bits per heavy atom. The molecule has 17 heavy (non-hydrogen) atoms. The van der Waals surface area contributed by atoms with Crippen LogP contribution >= 0.6 is 11.8 Å². The highest BCUT2D eigenvalue weighted by atomic mass is 32.2. The van der Waals surface area contributed by atoms with Crippen LogP contribution in [0.15, 0.2) is 12.3 Å². The summed E-state index contributed by atoms with van der Waals surface area (Å²) >= 11 is 2.02. The second-order valence-corrected chi connectivity index (χ2v) is 5.88. The first-order chi connectivity index (χ1) is 8.33. The first-order valence-electron chi connectivity index (χ1n) is 6.60. The Morgan fingerprint density at radius 2 is 2.41 bits per heavy atom. The molecule has 1 aliphatic rings. The van der Waals surface area contributed by atoms with Crippen molar-refractivity contribution in [1.82, 2.24) is 15.1 Å². The van der Waals surface area contributed by atoms with Gasteiger partial charge in [0.2, 0.25) is 0 Å². The summed E-state index contributed by atoms with van der Waals surface area (Å²) in [7, 11) is 0. The summed E-state index contributed by atoms with van der Waals surface area (Å²) in [5, 5.41) is 8.85. The quantitative estimate of drug-likeness (QED) is 0.875. The lowest BCUT2D eigenvalue weighted by Crippen LogP contribution is -2.35. The SMILES string of the molecule is CCn1nccc1CNC1CCCC(SC)C1. The molecule has 1 heterocycles. The number of nitrogens with zero attached hydrogens (tertiary/aromatic N) is 2. The smallest absolute Gasteiger partial charge is 0.0522 e. The van der Waals surface area contributed by atoms with Gasteiger partial charge in [-0.1, -0.05) is 6.42 Å². The van der Waals surface area contributed by atoms with Crippen molar-refractivity contribution in [3.8, 4) is 0 Å². The fraction of sp³-hybridized carbons (Fsp3) is 0.769. The van der Waals surface area contributed by atoms with Crippen molar-refractivity contribution in [1.29, 1.82) is 0 Å². The van der Waals surface area contributed by atoms with Crippen LogP contribution in [0.2, 0.25) is 0 Å². The molecule has 1 fully saturated rings. The van der Waals surface area contributed by atoms with Crippen molar-refractivity contribution in [2.24, 2.45) is 0 Å². The van der Waals surface area contributed by atoms with Gasteiger partial charge in [-0.2, -0.15) is 16.9 Å². The van der Waals surface area contributed by atoms with E-state index in [1.807, 2.05) is 18.0 Å². The third kappa shape index (κ3) is 3.49. The second-order valence-electron chi connectivity index (χ2n) is 4.74. The molecule has 2 unspecified atom stereocenters. The van der Waals surface area contributed by atoms with E-state index < -0.39 is 0 Å². The van der Waals surface area contributed by atoms with Crippen LogP contribution in [0.5, 0.6) is 0 Å². The molecule has 0 radical (unpaired) electrons. The van der Waals surface area contributed by atoms with Gasteiger partial charge in [-0.25, -0.2) is 0 Å². The number of nitrogens with one attached hydrogen (secondary N) is 1. The fourth-order valence-electron chi connectivity index (χ4n) is 2.59. The van der Waals surface area contributed by atoms with Gasteiger partial charge in [0, 0.05) is 30.6 Å². The molecular formula is C13H23N3S. The third-order valence-corrected chi connectivity index (χ3v) is 4.73. The van der Waals surface area contributed by atoms with Crippen LogP contribution in [0.1, 0.15) is 38.3 Å². The Bertz CT molecular complexity index is 337. The first kappa shape index (κ1) is 13.0. The maximum atomic E-state index is 4.30. The average molecular weight is 253 g/mol. The van der Waals surface area contributed by atoms with Crippen molar-refractivity contribution >= 4 is 11.8 Å². The minimum Gasteiger partial charge on any atom is -0.308 e. The molecule has 1 aromatic heterocycles. The zero-order valence-electron chi connectivity index (χ0n) is 10.9. The number of hydrogen-bond donors (Lipinski definition) is 1. The van der Waals surface area contributed by atoms with Gasteiger partial charge in [-0.3, -0.25) is 4.68 Å². The summed E-state index contributed by atoms with van der Waals surface area (Å²) < 4.78 is 2.07. The van der Waals surface area contributed by atoms with Crippen LogP contribution < -0.4 is 5.32 Å². The molecule has 0 spiro atoms. The van der Waals surface area contributed by atoms with Crippen LogP contribution in [-0.4, -0.2) is 27.3 Å². The highest BCUT2D eigenvalue weighted by Crippen LogP contribution is 2.26. The minimum absolute atomic E-state index is 0.696. The molecule has 1 N–H and O–H groups in total. The van der Waals surface area contributed by atoms with Crippen LogP contribution in [-0.2, 0) is 13.1 Å². The third-order valence-electron chi connectivity index (χ3n) is 3.64. The van der Waals surface area contributed by atoms with E-state index in [1.165, 1.54) is 31.4 Å². The molecule has 4 heteroatoms. The largest absolute Gasteiger partial charge is 0.308 e. The topological polar surface area (TPSA) is 29.9 Å². The lowest BCUT2D eigenvalue weighted by Gasteiger charge is -2.28. The van der Waals surface area contributed by atoms with E-state index in [1.54, 1.807) is 0 Å². The van der Waals surface area contributed by atoms with Crippen molar-refractivity contribution in [3.63, 3.8) is 0 Å². The number of rotatable bonds is 5. The molecule has 1 aromatic rings. The van der Waals surface area contributed by atoms with Gasteiger partial charge < -0.3 is 5.32 Å². The molecule has 96 valence electrons. The van der Waals surface area contributed by atoms with Gasteiger partial charge in [0.1, 0.15) is 0 Å². The van der Waals surface area contributed by atoms with Crippen LogP contribution in [0.4, 0.5) is 0 Å². The van der Waals surface area contributed by atoms with Crippen LogP contribution in [0.3, 0.4) is 0 Å². The van der Waals surface area contributed by atoms with E-state index in [4.69, 9.17) is 0 Å². The highest BCUT2D eigenvalue weighted by Gasteiger charge is 2.20. The Balaban J connectivity index is 1.81. The fourth-order valence-corrected chi connectivity index (χ4v) is 3.42. The number of aryl methyl sites for hydroxylation is 1. The van der Waals surface area contributed by atoms with E-state index in [0.29, 0.717) is 6.04 Å². The van der Waals surface area contributed by atoms with Crippen LogP contribution in [0.25, 0.3) is 0 Å². The molecule has 1 aliphatic carbocycles. The van der Waals surface area contributed by atoms with E-state index in [9.17, 15) is 0 Å². The Hall–Kier alpha value is -0.480. The Labute approximate surface area is 108 Å². The first-order valence-corrected chi connectivity index (χ1v) is 7.89. The zero-order valence-corrected chi connectivity index (χ0v) is 11.7. The van der Waals surface area contributed by atoms with Gasteiger partial charge in [0.15, 0.2) is 0 Å². The number of thioether (sulfide) groups is 1. The molecule has 2 atom stereocenters. The molecule has 1 saturated carbocycles. The summed E-state index contributed by atoms with van der Waals surface area (Å²) in [6, 6.07) is 2.81. The van der Waals surface area contributed by atoms with E-state index in [-0.39, 0.29) is 0 Å². The van der Waals surface area contributed by atoms with E-state index >= 15 is 0 Å². The molecule has 2 rings (SSSR count). The van der Waals surface area contributed by atoms with Crippen molar-refractivity contribution in [3.05, 3.63) is 18.0 Å². The molecule has 0 bridgehead atoms. The van der Waals surface area contributed by atoms with Crippen molar-refractivity contribution in [2.45, 2.75) is 57.0 Å². The maximum absolute atomic E-state index is 4.30. The predicted octanol–water partition coefficient (Wildman–Crippen LogP) is 2.67. The molecule has 3 nitrogen and oxygen atoms in total. The lowest BCUT2D eigenvalue weighted by molar-refractivity contribution is 0.374. The van der Waals surface area contributed by atoms with Crippen molar-refractivity contribution in [2.75, 3.05) is 6.26 Å². The Morgan fingerprint density at radius 1 is 1.53 bits per heavy atom. The van der Waals surface area contributed by atoms with Crippen molar-refractivity contribution < 1.29 is 0 Å². The monoisotopic (exact) mass is 253 g/mol. The van der Waals surface area contributed by atoms with E-state index in [0.717, 1.165) is 18.3 Å². The Kier molecular flexibility index (Phi) is 4.92. The zero-order chi connectivity index (χ0) is 12.1. The molecule has 0 saturated heterocycles. The standard InChI is InChI=1S/C13H23N3S/c1-3-16-12(7-8-15-16)10-14-11-5-4-6-13(9-11)17-2/h7-8,11,13-14H,3-6,9-10H2,1-2H3. The predicted molar refractivity (Wildman–Crippen MR) is 74.3 cm³/mol. The summed E-state index contributed by atoms with van der Waals surface area (Å²) in [5.74, 6) is 0. The normalized spacial score (nSPS) is 25.1. The molecule has 0 aromatic carbocycles. The number of hydrogen-bond acceptors (Lipinski definition) is 3. The maximum Gasteiger partial charge on any atom is 0.0522 e. The second kappa shape index (κ2) is 6.45. The molecule has 0 aliphatic heterocycles. The molecular weight excluding hydrogens is 230 g/mol. The molecule has 0 amide bonds. The summed E-state index contributed by atoms with van der Waals surface area (Å²) in [6.07, 6.45) is 9.55. The minimum atomic E-state index is 0.696. The van der Waals surface area contributed by atoms with Gasteiger partial charge >= 0.3 is 0 Å². The average Bonchev–Trinajstić information content (AvgIpc) is 2.84. The van der Waals surface area contributed by atoms with Gasteiger partial charge in [0.25, 0.3) is 0 Å². The van der Waals surface area contributed by atoms with Crippen LogP contribution in [0, 0.1) is 0 Å². The van der Waals surface area contributed by atoms with E-state index in [2.05, 4.69) is 34.3 Å². The number of aromatic nitrogens is 2. The summed E-state index contributed by atoms with van der Waals surface area (Å²) in [4.78, 5) is 0. The van der Waals surface area contributed by atoms with Gasteiger partial charge in [0.05, 0.1) is 5.69 Å². The lowest BCUT2D eigenvalue weighted by atomic mass is 9.95. The summed E-state index contributed by atoms with van der Waals surface area (Å²) in [5.41, 5.74) is 1.30. The summed E-state index contributed by atoms with van der Waals surface area (Å²) in [6.45, 7) is 4.06. The van der Waals surface area contributed by atoms with Gasteiger partial charge in [-0.05, 0) is 38.5 Å². The van der Waals surface area contributed by atoms with Gasteiger partial charge in [-0.15, -0.1) is 0 Å². The highest BCUT2D eigenvalue weighted by molar-refractivity contribution is 7.99.